The fraction of sp³-hybridized carbons (Fsp3) is 0.176. The molecule has 1 N–H and O–H groups in total. The number of benzene rings is 2. The second-order valence-electron chi connectivity index (χ2n) is 4.85. The van der Waals surface area contributed by atoms with E-state index in [9.17, 15) is 14.7 Å². The normalized spacial score (nSPS) is 11.7. The number of rotatable bonds is 4. The molecule has 0 saturated carbocycles. The zero-order valence-corrected chi connectivity index (χ0v) is 11.9. The Hall–Kier alpha value is -2.62. The second kappa shape index (κ2) is 6.22. The van der Waals surface area contributed by atoms with Crippen LogP contribution in [0.15, 0.2) is 48.5 Å². The molecule has 0 aliphatic carbocycles. The summed E-state index contributed by atoms with van der Waals surface area (Å²) < 4.78 is 5.21. The fourth-order valence-electron chi connectivity index (χ4n) is 1.98. The monoisotopic (exact) mass is 284 g/mol. The highest BCUT2D eigenvalue weighted by molar-refractivity contribution is 6.00. The minimum Gasteiger partial charge on any atom is -0.480 e. The molecule has 0 bridgehead atoms. The van der Waals surface area contributed by atoms with Gasteiger partial charge in [0.05, 0.1) is 0 Å². The molecule has 0 fully saturated rings. The third-order valence-corrected chi connectivity index (χ3v) is 3.31. The first-order valence-electron chi connectivity index (χ1n) is 6.55. The van der Waals surface area contributed by atoms with E-state index in [4.69, 9.17) is 4.74 Å². The highest BCUT2D eigenvalue weighted by atomic mass is 16.5. The number of carbonyl (C=O) groups is 2. The SMILES string of the molecule is Cc1ccc(OC(=O)C(C(=O)O)c2ccccc2)cc1C. The molecule has 2 aromatic carbocycles. The van der Waals surface area contributed by atoms with Crippen LogP contribution in [0.3, 0.4) is 0 Å². The molecule has 0 aliphatic rings. The summed E-state index contributed by atoms with van der Waals surface area (Å²) in [5.41, 5.74) is 2.46. The Morgan fingerprint density at radius 3 is 2.24 bits per heavy atom. The molecule has 0 radical (unpaired) electrons. The van der Waals surface area contributed by atoms with Gasteiger partial charge in [-0.1, -0.05) is 36.4 Å². The summed E-state index contributed by atoms with van der Waals surface area (Å²) in [6.07, 6.45) is 0. The first-order chi connectivity index (χ1) is 9.99. The maximum absolute atomic E-state index is 12.1. The Labute approximate surface area is 123 Å². The number of hydrogen-bond donors (Lipinski definition) is 1. The highest BCUT2D eigenvalue weighted by Gasteiger charge is 2.30. The van der Waals surface area contributed by atoms with Crippen LogP contribution in [0.4, 0.5) is 0 Å². The predicted molar refractivity (Wildman–Crippen MR) is 78.4 cm³/mol. The molecule has 1 unspecified atom stereocenters. The van der Waals surface area contributed by atoms with Crippen molar-refractivity contribution in [1.82, 2.24) is 0 Å². The maximum atomic E-state index is 12.1. The lowest BCUT2D eigenvalue weighted by Gasteiger charge is -2.13. The van der Waals surface area contributed by atoms with Crippen molar-refractivity contribution >= 4 is 11.9 Å². The van der Waals surface area contributed by atoms with E-state index in [-0.39, 0.29) is 0 Å². The summed E-state index contributed by atoms with van der Waals surface area (Å²) in [7, 11) is 0. The smallest absolute Gasteiger partial charge is 0.330 e. The lowest BCUT2D eigenvalue weighted by Crippen LogP contribution is -2.26. The van der Waals surface area contributed by atoms with Crippen molar-refractivity contribution in [2.24, 2.45) is 0 Å². The molecular weight excluding hydrogens is 268 g/mol. The van der Waals surface area contributed by atoms with Crippen LogP contribution in [0.25, 0.3) is 0 Å². The van der Waals surface area contributed by atoms with Gasteiger partial charge in [-0.25, -0.2) is 0 Å². The van der Waals surface area contributed by atoms with Crippen LogP contribution < -0.4 is 4.74 Å². The van der Waals surface area contributed by atoms with Crippen LogP contribution in [0.1, 0.15) is 22.6 Å². The molecule has 108 valence electrons. The van der Waals surface area contributed by atoms with Crippen LogP contribution in [0.2, 0.25) is 0 Å². The number of aliphatic carboxylic acids is 1. The third kappa shape index (κ3) is 3.48. The van der Waals surface area contributed by atoms with Crippen molar-refractivity contribution in [3.63, 3.8) is 0 Å². The average molecular weight is 284 g/mol. The van der Waals surface area contributed by atoms with Crippen LogP contribution in [0.5, 0.6) is 5.75 Å². The van der Waals surface area contributed by atoms with Crippen LogP contribution in [0, 0.1) is 13.8 Å². The maximum Gasteiger partial charge on any atom is 0.330 e. The van der Waals surface area contributed by atoms with Crippen molar-refractivity contribution < 1.29 is 19.4 Å². The number of hydrogen-bond acceptors (Lipinski definition) is 3. The number of carboxylic acids is 1. The summed E-state index contributed by atoms with van der Waals surface area (Å²) in [6.45, 7) is 3.85. The fourth-order valence-corrected chi connectivity index (χ4v) is 1.98. The summed E-state index contributed by atoms with van der Waals surface area (Å²) >= 11 is 0. The topological polar surface area (TPSA) is 63.6 Å². The van der Waals surface area contributed by atoms with Gasteiger partial charge >= 0.3 is 11.9 Å². The van der Waals surface area contributed by atoms with Crippen LogP contribution in [-0.4, -0.2) is 17.0 Å². The Bertz CT molecular complexity index is 662. The summed E-state index contributed by atoms with van der Waals surface area (Å²) in [4.78, 5) is 23.5. The van der Waals surface area contributed by atoms with Crippen molar-refractivity contribution in [2.75, 3.05) is 0 Å². The van der Waals surface area contributed by atoms with Gasteiger partial charge in [0.1, 0.15) is 5.75 Å². The van der Waals surface area contributed by atoms with Gasteiger partial charge in [-0.15, -0.1) is 0 Å². The molecular formula is C17H16O4. The predicted octanol–water partition coefficient (Wildman–Crippen LogP) is 3.08. The van der Waals surface area contributed by atoms with Crippen LogP contribution in [-0.2, 0) is 9.59 Å². The van der Waals surface area contributed by atoms with Gasteiger partial charge in [-0.3, -0.25) is 9.59 Å². The molecule has 0 heterocycles. The van der Waals surface area contributed by atoms with Gasteiger partial charge in [0.2, 0.25) is 0 Å². The molecule has 2 aromatic rings. The highest BCUT2D eigenvalue weighted by Crippen LogP contribution is 2.22. The van der Waals surface area contributed by atoms with Crippen LogP contribution >= 0.6 is 0 Å². The third-order valence-electron chi connectivity index (χ3n) is 3.31. The van der Waals surface area contributed by atoms with E-state index in [2.05, 4.69) is 0 Å². The number of esters is 1. The first kappa shape index (κ1) is 14.8. The van der Waals surface area contributed by atoms with Gasteiger partial charge in [0, 0.05) is 0 Å². The number of carbonyl (C=O) groups excluding carboxylic acids is 1. The summed E-state index contributed by atoms with van der Waals surface area (Å²) in [5.74, 6) is -3.00. The van der Waals surface area contributed by atoms with Gasteiger partial charge < -0.3 is 9.84 Å². The van der Waals surface area contributed by atoms with E-state index in [1.807, 2.05) is 19.9 Å². The molecule has 0 aromatic heterocycles. The van der Waals surface area contributed by atoms with Gasteiger partial charge in [0.15, 0.2) is 5.92 Å². The minimum atomic E-state index is -1.33. The Balaban J connectivity index is 2.24. The zero-order chi connectivity index (χ0) is 15.4. The van der Waals surface area contributed by atoms with E-state index < -0.39 is 17.9 Å². The van der Waals surface area contributed by atoms with E-state index in [0.717, 1.165) is 11.1 Å². The summed E-state index contributed by atoms with van der Waals surface area (Å²) in [5, 5.41) is 9.27. The zero-order valence-electron chi connectivity index (χ0n) is 11.9. The number of carboxylic acid groups (broad SMARTS) is 1. The molecule has 0 aliphatic heterocycles. The Morgan fingerprint density at radius 2 is 1.67 bits per heavy atom. The van der Waals surface area contributed by atoms with Crippen molar-refractivity contribution in [1.29, 1.82) is 0 Å². The Morgan fingerprint density at radius 1 is 1.00 bits per heavy atom. The molecule has 2 rings (SSSR count). The lowest BCUT2D eigenvalue weighted by atomic mass is 9.99. The van der Waals surface area contributed by atoms with E-state index in [0.29, 0.717) is 11.3 Å². The standard InChI is InChI=1S/C17H16O4/c1-11-8-9-14(10-12(11)2)21-17(20)15(16(18)19)13-6-4-3-5-7-13/h3-10,15H,1-2H3,(H,18,19). The Kier molecular flexibility index (Phi) is 4.38. The molecule has 21 heavy (non-hydrogen) atoms. The second-order valence-corrected chi connectivity index (χ2v) is 4.85. The number of ether oxygens (including phenoxy) is 1. The molecule has 1 atom stereocenters. The number of aryl methyl sites for hydroxylation is 2. The first-order valence-corrected chi connectivity index (χ1v) is 6.55. The van der Waals surface area contributed by atoms with Crippen molar-refractivity contribution in [2.45, 2.75) is 19.8 Å². The molecule has 4 heteroatoms. The van der Waals surface area contributed by atoms with Crippen molar-refractivity contribution in [3.8, 4) is 5.75 Å². The molecule has 0 spiro atoms. The molecule has 0 amide bonds. The molecule has 0 saturated heterocycles. The summed E-state index contributed by atoms with van der Waals surface area (Å²) in [6, 6.07) is 13.5. The van der Waals surface area contributed by atoms with E-state index >= 15 is 0 Å². The lowest BCUT2D eigenvalue weighted by molar-refractivity contribution is -0.148. The quantitative estimate of drug-likeness (QED) is 0.532. The minimum absolute atomic E-state index is 0.352. The van der Waals surface area contributed by atoms with E-state index in [1.165, 1.54) is 0 Å². The molecule has 4 nitrogen and oxygen atoms in total. The van der Waals surface area contributed by atoms with Crippen molar-refractivity contribution in [3.05, 3.63) is 65.2 Å². The van der Waals surface area contributed by atoms with Gasteiger partial charge in [-0.05, 0) is 42.7 Å². The average Bonchev–Trinajstić information content (AvgIpc) is 2.44. The van der Waals surface area contributed by atoms with E-state index in [1.54, 1.807) is 42.5 Å². The van der Waals surface area contributed by atoms with Gasteiger partial charge in [0.25, 0.3) is 0 Å². The van der Waals surface area contributed by atoms with Gasteiger partial charge in [-0.2, -0.15) is 0 Å². The largest absolute Gasteiger partial charge is 0.480 e.